The molecular weight excluding hydrogens is 356 g/mol. The van der Waals surface area contributed by atoms with Gasteiger partial charge in [-0.25, -0.2) is 4.79 Å². The van der Waals surface area contributed by atoms with Crippen molar-refractivity contribution in [3.05, 3.63) is 71.8 Å². The van der Waals surface area contributed by atoms with Crippen LogP contribution in [-0.4, -0.2) is 58.2 Å². The first-order chi connectivity index (χ1) is 13.6. The van der Waals surface area contributed by atoms with E-state index in [9.17, 15) is 14.7 Å². The van der Waals surface area contributed by atoms with Crippen molar-refractivity contribution in [1.29, 1.82) is 0 Å². The normalized spacial score (nSPS) is 21.7. The smallest absolute Gasteiger partial charge is 0.328 e. The Hall–Kier alpha value is -2.70. The Bertz CT molecular complexity index is 832. The van der Waals surface area contributed by atoms with Gasteiger partial charge in [0, 0.05) is 38.0 Å². The van der Waals surface area contributed by atoms with Crippen LogP contribution in [0.5, 0.6) is 0 Å². The third-order valence-electron chi connectivity index (χ3n) is 5.67. The van der Waals surface area contributed by atoms with Crippen LogP contribution in [0.25, 0.3) is 0 Å². The average molecular weight is 380 g/mol. The summed E-state index contributed by atoms with van der Waals surface area (Å²) in [5.41, 5.74) is 0.889. The zero-order valence-electron chi connectivity index (χ0n) is 15.7. The van der Waals surface area contributed by atoms with Crippen molar-refractivity contribution in [3.63, 3.8) is 0 Å². The van der Waals surface area contributed by atoms with Crippen LogP contribution in [0.4, 0.5) is 0 Å². The summed E-state index contributed by atoms with van der Waals surface area (Å²) in [6, 6.07) is 18.2. The molecule has 6 heteroatoms. The Morgan fingerprint density at radius 1 is 1.00 bits per heavy atom. The van der Waals surface area contributed by atoms with E-state index in [1.807, 2.05) is 24.3 Å². The number of hydrogen-bond acceptors (Lipinski definition) is 4. The van der Waals surface area contributed by atoms with E-state index in [2.05, 4.69) is 17.0 Å². The standard InChI is InChI=1S/C22H24N2O4/c25-20(18-9-5-2-6-10-18)24-19(21(26)27)16-28-22(24)11-13-23(14-12-22)15-17-7-3-1-4-8-17/h1-10,19H,11-16H2,(H,26,27). The molecule has 0 radical (unpaired) electrons. The molecule has 146 valence electrons. The van der Waals surface area contributed by atoms with Gasteiger partial charge in [-0.3, -0.25) is 14.6 Å². The van der Waals surface area contributed by atoms with Gasteiger partial charge in [-0.05, 0) is 17.7 Å². The van der Waals surface area contributed by atoms with E-state index < -0.39 is 17.7 Å². The Morgan fingerprint density at radius 3 is 2.21 bits per heavy atom. The molecule has 0 aliphatic carbocycles. The molecule has 1 unspecified atom stereocenters. The monoisotopic (exact) mass is 380 g/mol. The molecule has 2 saturated heterocycles. The SMILES string of the molecule is O=C(O)C1COC2(CCN(Cc3ccccc3)CC2)N1C(=O)c1ccccc1. The predicted octanol–water partition coefficient (Wildman–Crippen LogP) is 2.60. The summed E-state index contributed by atoms with van der Waals surface area (Å²) in [4.78, 5) is 28.8. The number of carbonyl (C=O) groups is 2. The quantitative estimate of drug-likeness (QED) is 0.883. The lowest BCUT2D eigenvalue weighted by Crippen LogP contribution is -2.58. The Kier molecular flexibility index (Phi) is 5.15. The molecule has 0 saturated carbocycles. The van der Waals surface area contributed by atoms with Gasteiger partial charge < -0.3 is 9.84 Å². The maximum Gasteiger partial charge on any atom is 0.328 e. The minimum atomic E-state index is -1.02. The maximum atomic E-state index is 13.2. The molecule has 1 amide bonds. The molecular formula is C22H24N2O4. The maximum absolute atomic E-state index is 13.2. The number of likely N-dealkylation sites (tertiary alicyclic amines) is 1. The Morgan fingerprint density at radius 2 is 1.61 bits per heavy atom. The number of nitrogens with zero attached hydrogens (tertiary/aromatic N) is 2. The molecule has 0 aromatic heterocycles. The van der Waals surface area contributed by atoms with Crippen molar-refractivity contribution in [2.45, 2.75) is 31.2 Å². The highest BCUT2D eigenvalue weighted by Crippen LogP contribution is 2.38. The van der Waals surface area contributed by atoms with Gasteiger partial charge in [-0.15, -0.1) is 0 Å². The van der Waals surface area contributed by atoms with Crippen LogP contribution in [0.2, 0.25) is 0 Å². The average Bonchev–Trinajstić information content (AvgIpc) is 3.10. The number of carboxylic acids is 1. The van der Waals surface area contributed by atoms with Gasteiger partial charge in [-0.2, -0.15) is 0 Å². The molecule has 1 spiro atoms. The minimum absolute atomic E-state index is 0.0343. The van der Waals surface area contributed by atoms with Gasteiger partial charge in [0.25, 0.3) is 5.91 Å². The third-order valence-corrected chi connectivity index (χ3v) is 5.67. The van der Waals surface area contributed by atoms with E-state index in [0.717, 1.165) is 19.6 Å². The van der Waals surface area contributed by atoms with Gasteiger partial charge in [0.15, 0.2) is 6.04 Å². The van der Waals surface area contributed by atoms with Crippen molar-refractivity contribution < 1.29 is 19.4 Å². The number of piperidine rings is 1. The Balaban J connectivity index is 1.52. The molecule has 2 aliphatic heterocycles. The molecule has 1 N–H and O–H groups in total. The van der Waals surface area contributed by atoms with Crippen molar-refractivity contribution in [2.75, 3.05) is 19.7 Å². The highest BCUT2D eigenvalue weighted by atomic mass is 16.5. The van der Waals surface area contributed by atoms with E-state index in [-0.39, 0.29) is 12.5 Å². The summed E-state index contributed by atoms with van der Waals surface area (Å²) in [6.07, 6.45) is 1.20. The van der Waals surface area contributed by atoms with Crippen molar-refractivity contribution in [2.24, 2.45) is 0 Å². The van der Waals surface area contributed by atoms with Crippen molar-refractivity contribution in [3.8, 4) is 0 Å². The molecule has 4 rings (SSSR count). The number of hydrogen-bond donors (Lipinski definition) is 1. The van der Waals surface area contributed by atoms with E-state index in [0.29, 0.717) is 18.4 Å². The van der Waals surface area contributed by atoms with Gasteiger partial charge in [0.1, 0.15) is 5.72 Å². The van der Waals surface area contributed by atoms with E-state index in [1.54, 1.807) is 24.3 Å². The van der Waals surface area contributed by atoms with Crippen LogP contribution in [0, 0.1) is 0 Å². The molecule has 2 aromatic carbocycles. The third kappa shape index (κ3) is 3.53. The largest absolute Gasteiger partial charge is 0.480 e. The van der Waals surface area contributed by atoms with Crippen LogP contribution in [0.15, 0.2) is 60.7 Å². The van der Waals surface area contributed by atoms with Crippen LogP contribution >= 0.6 is 0 Å². The fourth-order valence-electron chi connectivity index (χ4n) is 4.18. The lowest BCUT2D eigenvalue weighted by Gasteiger charge is -2.44. The fraction of sp³-hybridized carbons (Fsp3) is 0.364. The van der Waals surface area contributed by atoms with E-state index in [4.69, 9.17) is 4.74 Å². The van der Waals surface area contributed by atoms with Crippen LogP contribution < -0.4 is 0 Å². The zero-order chi connectivity index (χ0) is 19.6. The number of carboxylic acid groups (broad SMARTS) is 1. The summed E-state index contributed by atoms with van der Waals surface area (Å²) in [5.74, 6) is -1.30. The van der Waals surface area contributed by atoms with E-state index in [1.165, 1.54) is 10.5 Å². The summed E-state index contributed by atoms with van der Waals surface area (Å²) in [6.45, 7) is 2.37. The number of amides is 1. The number of ether oxygens (including phenoxy) is 1. The Labute approximate surface area is 164 Å². The molecule has 2 aromatic rings. The lowest BCUT2D eigenvalue weighted by atomic mass is 9.96. The topological polar surface area (TPSA) is 70.1 Å². The zero-order valence-corrected chi connectivity index (χ0v) is 15.7. The van der Waals surface area contributed by atoms with Crippen molar-refractivity contribution >= 4 is 11.9 Å². The second-order valence-corrected chi connectivity index (χ2v) is 7.41. The van der Waals surface area contributed by atoms with Gasteiger partial charge >= 0.3 is 5.97 Å². The molecule has 6 nitrogen and oxygen atoms in total. The summed E-state index contributed by atoms with van der Waals surface area (Å²) < 4.78 is 6.01. The van der Waals surface area contributed by atoms with Gasteiger partial charge in [0.05, 0.1) is 6.61 Å². The summed E-state index contributed by atoms with van der Waals surface area (Å²) in [7, 11) is 0. The minimum Gasteiger partial charge on any atom is -0.480 e. The second-order valence-electron chi connectivity index (χ2n) is 7.41. The van der Waals surface area contributed by atoms with Gasteiger partial charge in [-0.1, -0.05) is 48.5 Å². The number of rotatable bonds is 4. The molecule has 2 fully saturated rings. The number of carbonyl (C=O) groups excluding carboxylic acids is 1. The summed E-state index contributed by atoms with van der Waals surface area (Å²) >= 11 is 0. The molecule has 2 heterocycles. The van der Waals surface area contributed by atoms with Crippen LogP contribution in [-0.2, 0) is 16.1 Å². The second kappa shape index (κ2) is 7.73. The summed E-state index contributed by atoms with van der Waals surface area (Å²) in [5, 5.41) is 9.66. The lowest BCUT2D eigenvalue weighted by molar-refractivity contribution is -0.144. The van der Waals surface area contributed by atoms with Gasteiger partial charge in [0.2, 0.25) is 0 Å². The van der Waals surface area contributed by atoms with Crippen molar-refractivity contribution in [1.82, 2.24) is 9.80 Å². The molecule has 0 bridgehead atoms. The molecule has 1 atom stereocenters. The van der Waals surface area contributed by atoms with Crippen LogP contribution in [0.1, 0.15) is 28.8 Å². The number of benzene rings is 2. The number of aliphatic carboxylic acids is 1. The molecule has 28 heavy (non-hydrogen) atoms. The van der Waals surface area contributed by atoms with E-state index >= 15 is 0 Å². The first-order valence-electron chi connectivity index (χ1n) is 9.61. The predicted molar refractivity (Wildman–Crippen MR) is 104 cm³/mol. The molecule has 2 aliphatic rings. The highest BCUT2D eigenvalue weighted by Gasteiger charge is 2.53. The first-order valence-corrected chi connectivity index (χ1v) is 9.61. The highest BCUT2D eigenvalue weighted by molar-refractivity contribution is 5.97. The first kappa shape index (κ1) is 18.7. The fourth-order valence-corrected chi connectivity index (χ4v) is 4.18. The van der Waals surface area contributed by atoms with Crippen LogP contribution in [0.3, 0.4) is 0 Å².